The van der Waals surface area contributed by atoms with Crippen molar-refractivity contribution in [1.29, 1.82) is 0 Å². The summed E-state index contributed by atoms with van der Waals surface area (Å²) in [6.45, 7) is 0.255. The van der Waals surface area contributed by atoms with Gasteiger partial charge in [-0.1, -0.05) is 36.4 Å². The molecule has 0 atom stereocenters. The molecular formula is C24H26N2O4S. The molecule has 7 heteroatoms. The lowest BCUT2D eigenvalue weighted by molar-refractivity contribution is -0.142. The second kappa shape index (κ2) is 10.0. The Hall–Kier alpha value is -2.77. The summed E-state index contributed by atoms with van der Waals surface area (Å²) in [7, 11) is 0. The summed E-state index contributed by atoms with van der Waals surface area (Å²) in [5, 5.41) is 17.9. The molecule has 6 nitrogen and oxygen atoms in total. The molecule has 0 amide bonds. The lowest BCUT2D eigenvalue weighted by atomic mass is 9.78. The number of hydrogen-bond donors (Lipinski definition) is 2. The van der Waals surface area contributed by atoms with Crippen molar-refractivity contribution in [3.8, 4) is 21.7 Å². The predicted octanol–water partition coefficient (Wildman–Crippen LogP) is 4.62. The third-order valence-electron chi connectivity index (χ3n) is 5.94. The summed E-state index contributed by atoms with van der Waals surface area (Å²) in [4.78, 5) is 24.6. The van der Waals surface area contributed by atoms with Gasteiger partial charge >= 0.3 is 5.97 Å². The largest absolute Gasteiger partial charge is 0.480 e. The molecule has 0 radical (unpaired) electrons. The first-order chi connectivity index (χ1) is 15.1. The highest BCUT2D eigenvalue weighted by atomic mass is 32.1. The van der Waals surface area contributed by atoms with Crippen molar-refractivity contribution in [2.24, 2.45) is 11.8 Å². The van der Waals surface area contributed by atoms with Crippen LogP contribution in [0.3, 0.4) is 0 Å². The predicted molar refractivity (Wildman–Crippen MR) is 121 cm³/mol. The van der Waals surface area contributed by atoms with Gasteiger partial charge in [-0.3, -0.25) is 4.79 Å². The van der Waals surface area contributed by atoms with Crippen LogP contribution in [0.15, 0.2) is 52.6 Å². The minimum atomic E-state index is -0.930. The number of aliphatic carboxylic acids is 1. The van der Waals surface area contributed by atoms with Crippen LogP contribution in [-0.2, 0) is 16.0 Å². The zero-order chi connectivity index (χ0) is 21.6. The van der Waals surface area contributed by atoms with Crippen LogP contribution in [0.1, 0.15) is 31.2 Å². The van der Waals surface area contributed by atoms with E-state index in [0.717, 1.165) is 52.9 Å². The van der Waals surface area contributed by atoms with Crippen LogP contribution in [0.2, 0.25) is 0 Å². The fraction of sp³-hybridized carbons (Fsp3) is 0.375. The van der Waals surface area contributed by atoms with Gasteiger partial charge in [0.25, 0.3) is 5.56 Å². The van der Waals surface area contributed by atoms with Crippen LogP contribution >= 0.6 is 11.3 Å². The number of hydrogen-bond acceptors (Lipinski definition) is 5. The second-order valence-corrected chi connectivity index (χ2v) is 9.05. The Morgan fingerprint density at radius 1 is 1.10 bits per heavy atom. The lowest BCUT2D eigenvalue weighted by Crippen LogP contribution is -2.24. The number of rotatable bonds is 8. The molecule has 1 aliphatic rings. The zero-order valence-corrected chi connectivity index (χ0v) is 18.1. The van der Waals surface area contributed by atoms with Gasteiger partial charge in [0, 0.05) is 11.1 Å². The minimum absolute atomic E-state index is 0.119. The van der Waals surface area contributed by atoms with Crippen molar-refractivity contribution < 1.29 is 14.6 Å². The molecule has 162 valence electrons. The molecule has 2 heterocycles. The van der Waals surface area contributed by atoms with Gasteiger partial charge in [0.15, 0.2) is 0 Å². The number of carboxylic acid groups (broad SMARTS) is 1. The summed E-state index contributed by atoms with van der Waals surface area (Å²) in [6, 6.07) is 14.0. The van der Waals surface area contributed by atoms with Gasteiger partial charge in [0.05, 0.1) is 11.5 Å². The van der Waals surface area contributed by atoms with Crippen LogP contribution in [0, 0.1) is 11.8 Å². The third-order valence-corrected chi connectivity index (χ3v) is 6.81. The van der Waals surface area contributed by atoms with Crippen LogP contribution < -0.4 is 5.56 Å². The maximum atomic E-state index is 12.9. The number of carbonyl (C=O) groups is 1. The minimum Gasteiger partial charge on any atom is -0.480 e. The third kappa shape index (κ3) is 5.29. The lowest BCUT2D eigenvalue weighted by Gasteiger charge is -2.28. The number of aromatic amines is 1. The molecule has 4 rings (SSSR count). The SMILES string of the molecule is O=C(O)COC[C@H]1CC[C@H](Cc2c(-c3ccccc3)c(-c3cccs3)n[nH]c2=O)CC1. The average Bonchev–Trinajstić information content (AvgIpc) is 3.31. The Morgan fingerprint density at radius 2 is 1.84 bits per heavy atom. The van der Waals surface area contributed by atoms with Crippen LogP contribution in [0.25, 0.3) is 21.7 Å². The number of aromatic nitrogens is 2. The van der Waals surface area contributed by atoms with Gasteiger partial charge in [-0.2, -0.15) is 5.10 Å². The Balaban J connectivity index is 1.56. The Kier molecular flexibility index (Phi) is 6.94. The van der Waals surface area contributed by atoms with Gasteiger partial charge < -0.3 is 9.84 Å². The van der Waals surface area contributed by atoms with Crippen LogP contribution in [0.4, 0.5) is 0 Å². The van der Waals surface area contributed by atoms with Crippen molar-refractivity contribution >= 4 is 17.3 Å². The number of ether oxygens (including phenoxy) is 1. The topological polar surface area (TPSA) is 92.3 Å². The van der Waals surface area contributed by atoms with E-state index in [9.17, 15) is 9.59 Å². The Labute approximate surface area is 184 Å². The normalized spacial score (nSPS) is 18.7. The van der Waals surface area contributed by atoms with Crippen molar-refractivity contribution in [3.05, 3.63) is 63.8 Å². The number of thiophene rings is 1. The van der Waals surface area contributed by atoms with E-state index in [-0.39, 0.29) is 12.2 Å². The summed E-state index contributed by atoms with van der Waals surface area (Å²) in [5.74, 6) is -0.125. The number of carboxylic acids is 1. The van der Waals surface area contributed by atoms with Crippen molar-refractivity contribution in [2.75, 3.05) is 13.2 Å². The highest BCUT2D eigenvalue weighted by molar-refractivity contribution is 7.13. The fourth-order valence-corrected chi connectivity index (χ4v) is 5.11. The van der Waals surface area contributed by atoms with E-state index in [2.05, 4.69) is 10.2 Å². The Bertz CT molecular complexity index is 1050. The summed E-state index contributed by atoms with van der Waals surface area (Å²) in [5.41, 5.74) is 3.45. The van der Waals surface area contributed by atoms with Gasteiger partial charge in [-0.15, -0.1) is 11.3 Å². The van der Waals surface area contributed by atoms with Crippen LogP contribution in [0.5, 0.6) is 0 Å². The first-order valence-electron chi connectivity index (χ1n) is 10.6. The van der Waals surface area contributed by atoms with E-state index < -0.39 is 5.97 Å². The molecule has 2 N–H and O–H groups in total. The van der Waals surface area contributed by atoms with Crippen molar-refractivity contribution in [2.45, 2.75) is 32.1 Å². The van der Waals surface area contributed by atoms with E-state index in [1.807, 2.05) is 47.8 Å². The highest BCUT2D eigenvalue weighted by Crippen LogP contribution is 2.37. The summed E-state index contributed by atoms with van der Waals surface area (Å²) in [6.07, 6.45) is 4.71. The molecule has 3 aromatic rings. The van der Waals surface area contributed by atoms with Gasteiger partial charge in [-0.05, 0) is 60.9 Å². The van der Waals surface area contributed by atoms with Crippen molar-refractivity contribution in [3.63, 3.8) is 0 Å². The first-order valence-corrected chi connectivity index (χ1v) is 11.5. The summed E-state index contributed by atoms with van der Waals surface area (Å²) < 4.78 is 5.28. The molecule has 31 heavy (non-hydrogen) atoms. The molecule has 0 unspecified atom stereocenters. The average molecular weight is 439 g/mol. The fourth-order valence-electron chi connectivity index (χ4n) is 4.39. The van der Waals surface area contributed by atoms with E-state index >= 15 is 0 Å². The smallest absolute Gasteiger partial charge is 0.329 e. The van der Waals surface area contributed by atoms with Gasteiger partial charge in [-0.25, -0.2) is 9.89 Å². The van der Waals surface area contributed by atoms with Crippen LogP contribution in [-0.4, -0.2) is 34.5 Å². The molecular weight excluding hydrogens is 412 g/mol. The monoisotopic (exact) mass is 438 g/mol. The van der Waals surface area contributed by atoms with E-state index in [0.29, 0.717) is 24.9 Å². The molecule has 1 aliphatic carbocycles. The molecule has 0 aliphatic heterocycles. The molecule has 1 saturated carbocycles. The first kappa shape index (κ1) is 21.5. The van der Waals surface area contributed by atoms with Gasteiger partial charge in [0.1, 0.15) is 12.3 Å². The number of benzene rings is 1. The summed E-state index contributed by atoms with van der Waals surface area (Å²) >= 11 is 1.62. The van der Waals surface area contributed by atoms with E-state index in [4.69, 9.17) is 9.84 Å². The van der Waals surface area contributed by atoms with Gasteiger partial charge in [0.2, 0.25) is 0 Å². The van der Waals surface area contributed by atoms with E-state index in [1.165, 1.54) is 0 Å². The highest BCUT2D eigenvalue weighted by Gasteiger charge is 2.25. The maximum absolute atomic E-state index is 12.9. The quantitative estimate of drug-likeness (QED) is 0.536. The maximum Gasteiger partial charge on any atom is 0.329 e. The molecule has 1 aromatic carbocycles. The van der Waals surface area contributed by atoms with Crippen molar-refractivity contribution in [1.82, 2.24) is 10.2 Å². The molecule has 0 saturated heterocycles. The standard InChI is InChI=1S/C24H26N2O4S/c27-21(28)15-30-14-17-10-8-16(9-11-17)13-19-22(18-5-2-1-3-6-18)23(25-26-24(19)29)20-7-4-12-31-20/h1-7,12,16-17H,8-11,13-15H2,(H,26,29)(H,27,28)/t16-,17-. The second-order valence-electron chi connectivity index (χ2n) is 8.10. The molecule has 0 spiro atoms. The number of H-pyrrole nitrogens is 1. The number of nitrogens with one attached hydrogen (secondary N) is 1. The van der Waals surface area contributed by atoms with E-state index in [1.54, 1.807) is 11.3 Å². The molecule has 2 aromatic heterocycles. The molecule has 0 bridgehead atoms. The Morgan fingerprint density at radius 3 is 2.52 bits per heavy atom. The molecule has 1 fully saturated rings. The zero-order valence-electron chi connectivity index (χ0n) is 17.3. The number of nitrogens with zero attached hydrogens (tertiary/aromatic N) is 1.